The van der Waals surface area contributed by atoms with Crippen LogP contribution in [0.15, 0.2) is 36.9 Å². The molecule has 1 heterocycles. The summed E-state index contributed by atoms with van der Waals surface area (Å²) in [6.07, 6.45) is 1.51. The van der Waals surface area contributed by atoms with Crippen LogP contribution in [-0.4, -0.2) is 29.0 Å². The van der Waals surface area contributed by atoms with Crippen LogP contribution in [0.3, 0.4) is 0 Å². The molecule has 1 aliphatic heterocycles. The van der Waals surface area contributed by atoms with Gasteiger partial charge in [0.1, 0.15) is 0 Å². The third kappa shape index (κ3) is 1.67. The van der Waals surface area contributed by atoms with E-state index in [4.69, 9.17) is 0 Å². The van der Waals surface area contributed by atoms with Crippen LogP contribution < -0.4 is 4.90 Å². The van der Waals surface area contributed by atoms with Crippen molar-refractivity contribution in [3.8, 4) is 0 Å². The molecule has 0 bridgehead atoms. The summed E-state index contributed by atoms with van der Waals surface area (Å²) in [6, 6.07) is 6.52. The molecule has 2 rings (SSSR count). The van der Waals surface area contributed by atoms with Gasteiger partial charge in [-0.25, -0.2) is 0 Å². The van der Waals surface area contributed by atoms with E-state index in [1.165, 1.54) is 17.0 Å². The largest absolute Gasteiger partial charge is 0.370 e. The number of nitrogens with zero attached hydrogens (tertiary/aromatic N) is 2. The van der Waals surface area contributed by atoms with E-state index >= 15 is 0 Å². The van der Waals surface area contributed by atoms with E-state index in [-0.39, 0.29) is 12.1 Å². The molecule has 0 saturated carbocycles. The molecule has 1 aliphatic rings. The number of fused-ring (bicyclic) bond motifs is 1. The molecule has 6 heteroatoms. The summed E-state index contributed by atoms with van der Waals surface area (Å²) in [5.74, 6) is -0.680. The number of carbonyl (C=O) groups is 1. The van der Waals surface area contributed by atoms with E-state index in [2.05, 4.69) is 6.58 Å². The Bertz CT molecular complexity index is 529. The molecule has 1 atom stereocenters. The van der Waals surface area contributed by atoms with Crippen molar-refractivity contribution in [2.45, 2.75) is 5.60 Å². The van der Waals surface area contributed by atoms with Crippen molar-refractivity contribution in [3.63, 3.8) is 0 Å². The van der Waals surface area contributed by atoms with Crippen LogP contribution >= 0.6 is 0 Å². The average Bonchev–Trinajstić information content (AvgIpc) is 2.52. The third-order valence-corrected chi connectivity index (χ3v) is 2.91. The molecule has 1 aromatic carbocycles. The van der Waals surface area contributed by atoms with Gasteiger partial charge in [-0.15, -0.1) is 6.58 Å². The van der Waals surface area contributed by atoms with Gasteiger partial charge in [-0.05, 0) is 6.07 Å². The molecule has 18 heavy (non-hydrogen) atoms. The average molecular weight is 248 g/mol. The van der Waals surface area contributed by atoms with Crippen molar-refractivity contribution in [2.24, 2.45) is 0 Å². The Hall–Kier alpha value is -2.21. The topological polar surface area (TPSA) is 83.7 Å². The Balaban J connectivity index is 2.54. The smallest absolute Gasteiger partial charge is 0.271 e. The lowest BCUT2D eigenvalue weighted by Gasteiger charge is -2.18. The fourth-order valence-corrected chi connectivity index (χ4v) is 2.16. The molecule has 0 spiro atoms. The Morgan fingerprint density at radius 3 is 2.78 bits per heavy atom. The standard InChI is InChI=1S/C12H12N2O4/c1-2-7-13-10-6-4-3-5-9(10)12(16,11(13)15)8-14(17)18/h2-6,16H,1,7-8H2. The summed E-state index contributed by atoms with van der Waals surface area (Å²) in [5, 5.41) is 20.9. The minimum atomic E-state index is -2.08. The number of carbonyl (C=O) groups excluding carboxylic acids is 1. The minimum Gasteiger partial charge on any atom is -0.370 e. The van der Waals surface area contributed by atoms with Crippen molar-refractivity contribution in [1.29, 1.82) is 0 Å². The fourth-order valence-electron chi connectivity index (χ4n) is 2.16. The number of amides is 1. The van der Waals surface area contributed by atoms with Gasteiger partial charge in [0.2, 0.25) is 12.1 Å². The number of para-hydroxylation sites is 1. The van der Waals surface area contributed by atoms with Gasteiger partial charge in [0.05, 0.1) is 5.69 Å². The third-order valence-electron chi connectivity index (χ3n) is 2.91. The van der Waals surface area contributed by atoms with Gasteiger partial charge >= 0.3 is 0 Å². The van der Waals surface area contributed by atoms with Crippen LogP contribution in [-0.2, 0) is 10.4 Å². The van der Waals surface area contributed by atoms with Gasteiger partial charge in [0.25, 0.3) is 5.91 Å². The summed E-state index contributed by atoms with van der Waals surface area (Å²) >= 11 is 0. The highest BCUT2D eigenvalue weighted by molar-refractivity contribution is 6.07. The van der Waals surface area contributed by atoms with Crippen LogP contribution in [0, 0.1) is 10.1 Å². The van der Waals surface area contributed by atoms with E-state index in [9.17, 15) is 20.0 Å². The monoisotopic (exact) mass is 248 g/mol. The lowest BCUT2D eigenvalue weighted by molar-refractivity contribution is -0.498. The maximum Gasteiger partial charge on any atom is 0.271 e. The van der Waals surface area contributed by atoms with E-state index in [1.807, 2.05) is 0 Å². The molecule has 0 aromatic heterocycles. The van der Waals surface area contributed by atoms with Gasteiger partial charge in [-0.2, -0.15) is 0 Å². The lowest BCUT2D eigenvalue weighted by atomic mass is 9.96. The summed E-state index contributed by atoms with van der Waals surface area (Å²) < 4.78 is 0. The summed E-state index contributed by atoms with van der Waals surface area (Å²) in [6.45, 7) is 2.90. The lowest BCUT2D eigenvalue weighted by Crippen LogP contribution is -2.45. The molecule has 0 fully saturated rings. The van der Waals surface area contributed by atoms with Crippen molar-refractivity contribution in [2.75, 3.05) is 18.0 Å². The number of rotatable bonds is 4. The second-order valence-electron chi connectivity index (χ2n) is 4.07. The van der Waals surface area contributed by atoms with Crippen molar-refractivity contribution >= 4 is 11.6 Å². The molecule has 0 radical (unpaired) electrons. The predicted octanol–water partition coefficient (Wildman–Crippen LogP) is 0.683. The highest BCUT2D eigenvalue weighted by Gasteiger charge is 2.53. The number of aliphatic hydroxyl groups is 1. The van der Waals surface area contributed by atoms with E-state index in [1.54, 1.807) is 18.2 Å². The van der Waals surface area contributed by atoms with E-state index in [0.29, 0.717) is 5.69 Å². The zero-order valence-corrected chi connectivity index (χ0v) is 9.57. The molecule has 1 amide bonds. The molecule has 1 N–H and O–H groups in total. The zero-order chi connectivity index (χ0) is 13.3. The normalized spacial score (nSPS) is 21.8. The first-order chi connectivity index (χ1) is 8.50. The van der Waals surface area contributed by atoms with Gasteiger partial charge in [0, 0.05) is 17.0 Å². The van der Waals surface area contributed by atoms with Gasteiger partial charge in [-0.1, -0.05) is 24.3 Å². The Morgan fingerprint density at radius 1 is 1.50 bits per heavy atom. The highest BCUT2D eigenvalue weighted by atomic mass is 16.6. The quantitative estimate of drug-likeness (QED) is 0.482. The molecule has 1 aromatic rings. The van der Waals surface area contributed by atoms with E-state index in [0.717, 1.165) is 0 Å². The predicted molar refractivity (Wildman–Crippen MR) is 64.8 cm³/mol. The number of nitro groups is 1. The number of benzene rings is 1. The molecule has 1 unspecified atom stereocenters. The zero-order valence-electron chi connectivity index (χ0n) is 9.57. The Labute approximate surface area is 103 Å². The van der Waals surface area contributed by atoms with Crippen LogP contribution in [0.25, 0.3) is 0 Å². The van der Waals surface area contributed by atoms with Gasteiger partial charge < -0.3 is 10.0 Å². The second kappa shape index (κ2) is 4.23. The summed E-state index contributed by atoms with van der Waals surface area (Å²) in [4.78, 5) is 23.4. The van der Waals surface area contributed by atoms with E-state index < -0.39 is 23.0 Å². The minimum absolute atomic E-state index is 0.204. The van der Waals surface area contributed by atoms with Crippen molar-refractivity contribution in [1.82, 2.24) is 0 Å². The fraction of sp³-hybridized carbons (Fsp3) is 0.250. The first-order valence-electron chi connectivity index (χ1n) is 5.37. The molecule has 94 valence electrons. The van der Waals surface area contributed by atoms with Crippen molar-refractivity contribution in [3.05, 3.63) is 52.6 Å². The second-order valence-corrected chi connectivity index (χ2v) is 4.07. The summed E-state index contributed by atoms with van der Waals surface area (Å²) in [7, 11) is 0. The molecule has 6 nitrogen and oxygen atoms in total. The van der Waals surface area contributed by atoms with Crippen LogP contribution in [0.5, 0.6) is 0 Å². The first kappa shape index (κ1) is 12.3. The van der Waals surface area contributed by atoms with Crippen molar-refractivity contribution < 1.29 is 14.8 Å². The number of hydrogen-bond donors (Lipinski definition) is 1. The first-order valence-corrected chi connectivity index (χ1v) is 5.37. The van der Waals surface area contributed by atoms with Crippen LogP contribution in [0.1, 0.15) is 5.56 Å². The van der Waals surface area contributed by atoms with Crippen LogP contribution in [0.4, 0.5) is 5.69 Å². The van der Waals surface area contributed by atoms with Gasteiger partial charge in [0.15, 0.2) is 0 Å². The van der Waals surface area contributed by atoms with Crippen LogP contribution in [0.2, 0.25) is 0 Å². The molecular weight excluding hydrogens is 236 g/mol. The molecule has 0 saturated heterocycles. The molecule has 0 aliphatic carbocycles. The molecular formula is C12H12N2O4. The number of hydrogen-bond acceptors (Lipinski definition) is 4. The maximum absolute atomic E-state index is 12.1. The Morgan fingerprint density at radius 2 is 2.17 bits per heavy atom. The maximum atomic E-state index is 12.1. The van der Waals surface area contributed by atoms with Gasteiger partial charge in [-0.3, -0.25) is 14.9 Å². The SMILES string of the molecule is C=CCN1C(=O)C(O)(C[N+](=O)[O-])c2ccccc21. The summed E-state index contributed by atoms with van der Waals surface area (Å²) in [5.41, 5.74) is -1.32. The highest BCUT2D eigenvalue weighted by Crippen LogP contribution is 2.40. The Kier molecular flexibility index (Phi) is 2.88. The number of anilines is 1.